The summed E-state index contributed by atoms with van der Waals surface area (Å²) < 4.78 is 33.4. The zero-order valence-corrected chi connectivity index (χ0v) is 12.6. The van der Waals surface area contributed by atoms with Crippen LogP contribution in [0, 0.1) is 0 Å². The molecule has 0 aromatic heterocycles. The normalized spacial score (nSPS) is 12.8. The summed E-state index contributed by atoms with van der Waals surface area (Å²) in [6.07, 6.45) is 0. The summed E-state index contributed by atoms with van der Waals surface area (Å²) >= 11 is 0. The second-order valence-corrected chi connectivity index (χ2v) is 6.53. The van der Waals surface area contributed by atoms with E-state index in [1.807, 2.05) is 0 Å². The van der Waals surface area contributed by atoms with Gasteiger partial charge in [-0.3, -0.25) is 4.79 Å². The molecule has 20 heavy (non-hydrogen) atoms. The molecule has 0 radical (unpaired) electrons. The maximum absolute atomic E-state index is 11.9. The first-order chi connectivity index (χ1) is 9.29. The fourth-order valence-electron chi connectivity index (χ4n) is 1.72. The Labute approximate surface area is 118 Å². The molecule has 1 aromatic carbocycles. The highest BCUT2D eigenvalue weighted by Gasteiger charge is 2.20. The van der Waals surface area contributed by atoms with Gasteiger partial charge >= 0.3 is 5.97 Å². The summed E-state index contributed by atoms with van der Waals surface area (Å²) in [7, 11) is -1.01. The van der Waals surface area contributed by atoms with Crippen LogP contribution in [-0.2, 0) is 25.1 Å². The second-order valence-electron chi connectivity index (χ2n) is 4.47. The molecule has 0 fully saturated rings. The molecule has 2 N–H and O–H groups in total. The van der Waals surface area contributed by atoms with Crippen molar-refractivity contribution in [1.82, 2.24) is 0 Å². The standard InChI is InChI=1S/C13H19NO5S/c1-9(14)10-4-5-12(18-2)11(6-10)7-20(16,17)8-13(15)19-3/h4-6,9H,7-8,14H2,1-3H3. The third kappa shape index (κ3) is 4.50. The van der Waals surface area contributed by atoms with E-state index in [0.29, 0.717) is 11.3 Å². The van der Waals surface area contributed by atoms with Gasteiger partial charge in [-0.15, -0.1) is 0 Å². The van der Waals surface area contributed by atoms with Gasteiger partial charge in [-0.2, -0.15) is 0 Å². The van der Waals surface area contributed by atoms with Gasteiger partial charge in [-0.25, -0.2) is 8.42 Å². The maximum atomic E-state index is 11.9. The van der Waals surface area contributed by atoms with Crippen LogP contribution in [0.25, 0.3) is 0 Å². The van der Waals surface area contributed by atoms with Gasteiger partial charge in [0.1, 0.15) is 11.5 Å². The van der Waals surface area contributed by atoms with Gasteiger partial charge < -0.3 is 15.2 Å². The van der Waals surface area contributed by atoms with Crippen LogP contribution >= 0.6 is 0 Å². The molecule has 0 saturated heterocycles. The third-order valence-electron chi connectivity index (χ3n) is 2.77. The van der Waals surface area contributed by atoms with Crippen LogP contribution < -0.4 is 10.5 Å². The quantitative estimate of drug-likeness (QED) is 0.781. The first kappa shape index (κ1) is 16.5. The molecule has 1 aromatic rings. The summed E-state index contributed by atoms with van der Waals surface area (Å²) in [5, 5.41) is 0. The van der Waals surface area contributed by atoms with Gasteiger partial charge in [-0.05, 0) is 24.6 Å². The Kier molecular flexibility index (Phi) is 5.52. The van der Waals surface area contributed by atoms with Crippen LogP contribution in [0.1, 0.15) is 24.1 Å². The molecule has 0 spiro atoms. The number of hydrogen-bond acceptors (Lipinski definition) is 6. The Morgan fingerprint density at radius 2 is 2.00 bits per heavy atom. The number of methoxy groups -OCH3 is 2. The molecule has 6 nitrogen and oxygen atoms in total. The number of nitrogens with two attached hydrogens (primary N) is 1. The molecule has 7 heteroatoms. The minimum absolute atomic E-state index is 0.219. The Balaban J connectivity index is 3.06. The summed E-state index contributed by atoms with van der Waals surface area (Å²) in [4.78, 5) is 11.1. The van der Waals surface area contributed by atoms with Gasteiger partial charge in [0.2, 0.25) is 0 Å². The lowest BCUT2D eigenvalue weighted by molar-refractivity contribution is -0.137. The Hall–Kier alpha value is -1.60. The molecule has 1 rings (SSSR count). The van der Waals surface area contributed by atoms with Crippen LogP contribution in [0.3, 0.4) is 0 Å². The SMILES string of the molecule is COC(=O)CS(=O)(=O)Cc1cc(C(C)N)ccc1OC. The second kappa shape index (κ2) is 6.71. The molecule has 1 unspecified atom stereocenters. The molecule has 0 aliphatic rings. The fourth-order valence-corrected chi connectivity index (χ4v) is 3.00. The number of hydrogen-bond donors (Lipinski definition) is 1. The van der Waals surface area contributed by atoms with Crippen molar-refractivity contribution in [2.45, 2.75) is 18.7 Å². The largest absolute Gasteiger partial charge is 0.496 e. The van der Waals surface area contributed by atoms with E-state index in [-0.39, 0.29) is 11.8 Å². The zero-order valence-electron chi connectivity index (χ0n) is 11.8. The van der Waals surface area contributed by atoms with E-state index in [2.05, 4.69) is 4.74 Å². The lowest BCUT2D eigenvalue weighted by atomic mass is 10.1. The summed E-state index contributed by atoms with van der Waals surface area (Å²) in [6.45, 7) is 1.80. The molecule has 1 atom stereocenters. The summed E-state index contributed by atoms with van der Waals surface area (Å²) in [5.41, 5.74) is 7.05. The van der Waals surface area contributed by atoms with Gasteiger partial charge in [-0.1, -0.05) is 6.07 Å². The van der Waals surface area contributed by atoms with Crippen molar-refractivity contribution < 1.29 is 22.7 Å². The van der Waals surface area contributed by atoms with Crippen molar-refractivity contribution >= 4 is 15.8 Å². The number of carbonyl (C=O) groups excluding carboxylic acids is 1. The molecule has 0 heterocycles. The first-order valence-corrected chi connectivity index (χ1v) is 7.81. The molecule has 0 amide bonds. The summed E-state index contributed by atoms with van der Waals surface area (Å²) in [6, 6.07) is 4.91. The van der Waals surface area contributed by atoms with E-state index in [1.165, 1.54) is 7.11 Å². The Morgan fingerprint density at radius 1 is 1.35 bits per heavy atom. The molecular formula is C13H19NO5S. The van der Waals surface area contributed by atoms with Crippen molar-refractivity contribution in [3.63, 3.8) is 0 Å². The van der Waals surface area contributed by atoms with Crippen molar-refractivity contribution in [3.8, 4) is 5.75 Å². The minimum Gasteiger partial charge on any atom is -0.496 e. The van der Waals surface area contributed by atoms with Gasteiger partial charge in [0.05, 0.1) is 20.0 Å². The van der Waals surface area contributed by atoms with Gasteiger partial charge in [0.15, 0.2) is 9.84 Å². The Morgan fingerprint density at radius 3 is 2.50 bits per heavy atom. The van der Waals surface area contributed by atoms with Crippen molar-refractivity contribution in [2.24, 2.45) is 5.73 Å². The van der Waals surface area contributed by atoms with Gasteiger partial charge in [0.25, 0.3) is 0 Å². The monoisotopic (exact) mass is 301 g/mol. The fraction of sp³-hybridized carbons (Fsp3) is 0.462. The molecule has 0 aliphatic carbocycles. The minimum atomic E-state index is -3.62. The van der Waals surface area contributed by atoms with E-state index in [9.17, 15) is 13.2 Å². The number of sulfone groups is 1. The maximum Gasteiger partial charge on any atom is 0.320 e. The average Bonchev–Trinajstić information content (AvgIpc) is 2.37. The van der Waals surface area contributed by atoms with E-state index < -0.39 is 21.6 Å². The average molecular weight is 301 g/mol. The van der Waals surface area contributed by atoms with E-state index in [0.717, 1.165) is 12.7 Å². The topological polar surface area (TPSA) is 95.7 Å². The highest BCUT2D eigenvalue weighted by atomic mass is 32.2. The number of benzene rings is 1. The Bertz CT molecular complexity index is 580. The highest BCUT2D eigenvalue weighted by Crippen LogP contribution is 2.24. The van der Waals surface area contributed by atoms with Crippen LogP contribution in [0.4, 0.5) is 0 Å². The molecule has 0 bridgehead atoms. The van der Waals surface area contributed by atoms with Crippen LogP contribution in [0.5, 0.6) is 5.75 Å². The van der Waals surface area contributed by atoms with Crippen LogP contribution in [0.15, 0.2) is 18.2 Å². The van der Waals surface area contributed by atoms with Crippen molar-refractivity contribution in [3.05, 3.63) is 29.3 Å². The number of carbonyl (C=O) groups is 1. The molecular weight excluding hydrogens is 282 g/mol. The van der Waals surface area contributed by atoms with Crippen molar-refractivity contribution in [1.29, 1.82) is 0 Å². The van der Waals surface area contributed by atoms with Crippen LogP contribution in [-0.4, -0.2) is 34.4 Å². The predicted octanol–water partition coefficient (Wildman–Crippen LogP) is 0.803. The molecule has 112 valence electrons. The molecule has 0 aliphatic heterocycles. The van der Waals surface area contributed by atoms with E-state index in [1.54, 1.807) is 25.1 Å². The summed E-state index contributed by atoms with van der Waals surface area (Å²) in [5.74, 6) is -1.30. The predicted molar refractivity (Wildman–Crippen MR) is 75.1 cm³/mol. The number of rotatable bonds is 6. The highest BCUT2D eigenvalue weighted by molar-refractivity contribution is 7.91. The number of esters is 1. The van der Waals surface area contributed by atoms with Crippen LogP contribution in [0.2, 0.25) is 0 Å². The van der Waals surface area contributed by atoms with Gasteiger partial charge in [0, 0.05) is 11.6 Å². The third-order valence-corrected chi connectivity index (χ3v) is 4.20. The lowest BCUT2D eigenvalue weighted by Gasteiger charge is -2.13. The zero-order chi connectivity index (χ0) is 15.3. The molecule has 0 saturated carbocycles. The smallest absolute Gasteiger partial charge is 0.320 e. The first-order valence-electron chi connectivity index (χ1n) is 5.98. The number of ether oxygens (including phenoxy) is 2. The van der Waals surface area contributed by atoms with E-state index in [4.69, 9.17) is 10.5 Å². The lowest BCUT2D eigenvalue weighted by Crippen LogP contribution is -2.19. The van der Waals surface area contributed by atoms with Crippen molar-refractivity contribution in [2.75, 3.05) is 20.0 Å². The van der Waals surface area contributed by atoms with E-state index >= 15 is 0 Å².